The van der Waals surface area contributed by atoms with Gasteiger partial charge in [0.25, 0.3) is 0 Å². The first-order chi connectivity index (χ1) is 14.3. The molecule has 0 aromatic heterocycles. The van der Waals surface area contributed by atoms with Gasteiger partial charge in [-0.2, -0.15) is 0 Å². The van der Waals surface area contributed by atoms with Crippen molar-refractivity contribution in [2.75, 3.05) is 0 Å². The summed E-state index contributed by atoms with van der Waals surface area (Å²) in [5.74, 6) is 2.69. The van der Waals surface area contributed by atoms with Crippen molar-refractivity contribution in [3.63, 3.8) is 0 Å². The highest BCUT2D eigenvalue weighted by Crippen LogP contribution is 2.58. The van der Waals surface area contributed by atoms with Crippen molar-refractivity contribution in [2.45, 2.75) is 126 Å². The van der Waals surface area contributed by atoms with Crippen LogP contribution in [0.25, 0.3) is 0 Å². The van der Waals surface area contributed by atoms with Gasteiger partial charge in [-0.05, 0) is 99.2 Å². The lowest BCUT2D eigenvalue weighted by molar-refractivity contribution is 0.137. The Bertz CT molecular complexity index is 596. The SMILES string of the molecule is CC.CCC1CCC/C(=C\C=C2/CCCC3(C)C(C/C=C/CC(C)(C)C)CCC23)C1. The van der Waals surface area contributed by atoms with Crippen molar-refractivity contribution in [1.29, 1.82) is 0 Å². The number of allylic oxidation sites excluding steroid dienone is 6. The largest absolute Gasteiger partial charge is 0.0882 e. The van der Waals surface area contributed by atoms with Crippen LogP contribution in [-0.4, -0.2) is 0 Å². The standard InChI is InChI=1S/C28H46.C2H6/c1-6-22-11-9-12-23(21-22)15-16-24-13-10-20-28(5)25(17-18-26(24)28)14-7-8-19-27(2,3)4;1-2/h7-8,15-16,22,25-26H,6,9-14,17-21H2,1-5H3;1-2H3/b8-7+,23-15+,24-16+;. The van der Waals surface area contributed by atoms with Crippen molar-refractivity contribution in [3.8, 4) is 0 Å². The zero-order valence-corrected chi connectivity index (χ0v) is 21.5. The number of hydrogen-bond acceptors (Lipinski definition) is 0. The molecule has 0 aromatic carbocycles. The smallest absolute Gasteiger partial charge is 0.0143 e. The molecule has 3 rings (SSSR count). The molecule has 0 radical (unpaired) electrons. The second-order valence-corrected chi connectivity index (χ2v) is 11.6. The molecule has 0 heteroatoms. The Kier molecular flexibility index (Phi) is 9.96. The van der Waals surface area contributed by atoms with Crippen LogP contribution in [0.5, 0.6) is 0 Å². The summed E-state index contributed by atoms with van der Waals surface area (Å²) in [5, 5.41) is 0. The fourth-order valence-electron chi connectivity index (χ4n) is 6.35. The van der Waals surface area contributed by atoms with Gasteiger partial charge in [0.2, 0.25) is 0 Å². The van der Waals surface area contributed by atoms with Crippen molar-refractivity contribution >= 4 is 0 Å². The van der Waals surface area contributed by atoms with E-state index in [9.17, 15) is 0 Å². The first kappa shape index (κ1) is 25.5. The minimum atomic E-state index is 0.419. The van der Waals surface area contributed by atoms with E-state index in [0.717, 1.165) is 17.8 Å². The molecule has 30 heavy (non-hydrogen) atoms. The maximum Gasteiger partial charge on any atom is -0.0143 e. The highest BCUT2D eigenvalue weighted by Gasteiger charge is 2.48. The van der Waals surface area contributed by atoms with Gasteiger partial charge in [0.15, 0.2) is 0 Å². The second-order valence-electron chi connectivity index (χ2n) is 11.6. The number of hydrogen-bond donors (Lipinski definition) is 0. The summed E-state index contributed by atoms with van der Waals surface area (Å²) in [4.78, 5) is 0. The third-order valence-electron chi connectivity index (χ3n) is 8.25. The van der Waals surface area contributed by atoms with Crippen molar-refractivity contribution in [1.82, 2.24) is 0 Å². The summed E-state index contributed by atoms with van der Waals surface area (Å²) < 4.78 is 0. The Hall–Kier alpha value is -0.780. The lowest BCUT2D eigenvalue weighted by Gasteiger charge is -2.42. The van der Waals surface area contributed by atoms with E-state index in [4.69, 9.17) is 0 Å². The molecule has 4 atom stereocenters. The quantitative estimate of drug-likeness (QED) is 0.394. The van der Waals surface area contributed by atoms with Crippen LogP contribution in [0.1, 0.15) is 126 Å². The highest BCUT2D eigenvalue weighted by atomic mass is 14.5. The Balaban J connectivity index is 0.00000155. The summed E-state index contributed by atoms with van der Waals surface area (Å²) in [5.41, 5.74) is 4.49. The van der Waals surface area contributed by atoms with E-state index >= 15 is 0 Å². The van der Waals surface area contributed by atoms with Crippen molar-refractivity contribution in [3.05, 3.63) is 35.5 Å². The zero-order chi connectivity index (χ0) is 22.2. The summed E-state index contributed by atoms with van der Waals surface area (Å²) >= 11 is 0. The molecule has 0 heterocycles. The van der Waals surface area contributed by atoms with Crippen LogP contribution in [0.4, 0.5) is 0 Å². The fourth-order valence-corrected chi connectivity index (χ4v) is 6.35. The average Bonchev–Trinajstić information content (AvgIpc) is 3.07. The highest BCUT2D eigenvalue weighted by molar-refractivity contribution is 5.25. The van der Waals surface area contributed by atoms with Gasteiger partial charge in [-0.15, -0.1) is 0 Å². The van der Waals surface area contributed by atoms with E-state index < -0.39 is 0 Å². The predicted molar refractivity (Wildman–Crippen MR) is 136 cm³/mol. The summed E-state index contributed by atoms with van der Waals surface area (Å²) in [6.07, 6.45) is 26.6. The minimum absolute atomic E-state index is 0.419. The van der Waals surface area contributed by atoms with Gasteiger partial charge in [-0.1, -0.05) is 90.3 Å². The maximum absolute atomic E-state index is 2.63. The van der Waals surface area contributed by atoms with Crippen LogP contribution in [0.2, 0.25) is 0 Å². The van der Waals surface area contributed by atoms with Gasteiger partial charge in [0.1, 0.15) is 0 Å². The molecular formula is C30H52. The lowest BCUT2D eigenvalue weighted by atomic mass is 9.63. The van der Waals surface area contributed by atoms with E-state index in [1.54, 1.807) is 11.1 Å². The van der Waals surface area contributed by atoms with Crippen LogP contribution >= 0.6 is 0 Å². The second kappa shape index (κ2) is 11.7. The molecule has 0 aromatic rings. The van der Waals surface area contributed by atoms with Crippen LogP contribution in [0.15, 0.2) is 35.5 Å². The van der Waals surface area contributed by atoms with Gasteiger partial charge in [0, 0.05) is 0 Å². The molecule has 0 aliphatic heterocycles. The van der Waals surface area contributed by atoms with Crippen LogP contribution in [0.3, 0.4) is 0 Å². The topological polar surface area (TPSA) is 0 Å². The Morgan fingerprint density at radius 3 is 2.43 bits per heavy atom. The summed E-state index contributed by atoms with van der Waals surface area (Å²) in [6, 6.07) is 0. The van der Waals surface area contributed by atoms with Gasteiger partial charge in [0.05, 0.1) is 0 Å². The van der Waals surface area contributed by atoms with Crippen molar-refractivity contribution < 1.29 is 0 Å². The first-order valence-electron chi connectivity index (χ1n) is 13.4. The number of fused-ring (bicyclic) bond motifs is 1. The van der Waals surface area contributed by atoms with Gasteiger partial charge in [-0.3, -0.25) is 0 Å². The molecule has 0 saturated heterocycles. The zero-order valence-electron chi connectivity index (χ0n) is 21.5. The summed E-state index contributed by atoms with van der Waals surface area (Å²) in [6.45, 7) is 16.0. The lowest BCUT2D eigenvalue weighted by Crippen LogP contribution is -2.33. The van der Waals surface area contributed by atoms with Crippen LogP contribution < -0.4 is 0 Å². The molecule has 4 unspecified atom stereocenters. The first-order valence-corrected chi connectivity index (χ1v) is 13.4. The van der Waals surface area contributed by atoms with Crippen LogP contribution in [0, 0.1) is 28.6 Å². The average molecular weight is 413 g/mol. The molecule has 3 aliphatic carbocycles. The van der Waals surface area contributed by atoms with Crippen LogP contribution in [-0.2, 0) is 0 Å². The van der Waals surface area contributed by atoms with E-state index in [1.807, 2.05) is 13.8 Å². The third-order valence-corrected chi connectivity index (χ3v) is 8.25. The van der Waals surface area contributed by atoms with Gasteiger partial charge < -0.3 is 0 Å². The Morgan fingerprint density at radius 2 is 1.73 bits per heavy atom. The maximum atomic E-state index is 2.63. The normalized spacial score (nSPS) is 34.8. The van der Waals surface area contributed by atoms with Gasteiger partial charge in [-0.25, -0.2) is 0 Å². The summed E-state index contributed by atoms with van der Waals surface area (Å²) in [7, 11) is 0. The molecule has 0 amide bonds. The molecular weight excluding hydrogens is 360 g/mol. The molecule has 172 valence electrons. The van der Waals surface area contributed by atoms with E-state index in [0.29, 0.717) is 10.8 Å². The Labute approximate surface area is 189 Å². The van der Waals surface area contributed by atoms with E-state index in [2.05, 4.69) is 58.9 Å². The van der Waals surface area contributed by atoms with E-state index in [1.165, 1.54) is 77.0 Å². The molecule has 3 fully saturated rings. The van der Waals surface area contributed by atoms with Crippen molar-refractivity contribution in [2.24, 2.45) is 28.6 Å². The molecule has 0 bridgehead atoms. The van der Waals surface area contributed by atoms with Gasteiger partial charge >= 0.3 is 0 Å². The minimum Gasteiger partial charge on any atom is -0.0882 e. The third kappa shape index (κ3) is 6.86. The predicted octanol–water partition coefficient (Wildman–Crippen LogP) is 10.1. The Morgan fingerprint density at radius 1 is 0.967 bits per heavy atom. The monoisotopic (exact) mass is 412 g/mol. The molecule has 0 spiro atoms. The molecule has 3 saturated carbocycles. The molecule has 3 aliphatic rings. The molecule has 0 N–H and O–H groups in total. The fraction of sp³-hybridized carbons (Fsp3) is 0.800. The molecule has 0 nitrogen and oxygen atoms in total. The van der Waals surface area contributed by atoms with E-state index in [-0.39, 0.29) is 0 Å². The number of rotatable bonds is 5.